The van der Waals surface area contributed by atoms with Crippen LogP contribution in [0.15, 0.2) is 24.3 Å². The van der Waals surface area contributed by atoms with Crippen molar-refractivity contribution in [1.29, 1.82) is 0 Å². The van der Waals surface area contributed by atoms with Crippen molar-refractivity contribution in [2.24, 2.45) is 11.7 Å². The van der Waals surface area contributed by atoms with Gasteiger partial charge in [-0.2, -0.15) is 13.2 Å². The van der Waals surface area contributed by atoms with Crippen LogP contribution in [0.25, 0.3) is 0 Å². The molecule has 0 amide bonds. The molecule has 0 aliphatic rings. The highest BCUT2D eigenvalue weighted by atomic mass is 19.4. The third-order valence-electron chi connectivity index (χ3n) is 2.69. The topological polar surface area (TPSA) is 26.0 Å². The summed E-state index contributed by atoms with van der Waals surface area (Å²) in [6, 6.07) is 5.46. The molecule has 1 rings (SSSR count). The molecule has 0 aliphatic carbocycles. The van der Waals surface area contributed by atoms with Crippen LogP contribution in [0.5, 0.6) is 0 Å². The molecule has 4 heteroatoms. The standard InChI is InChI=1S/C12H16F3N/c1-2-9(8-16)6-10-4-3-5-11(7-10)12(13,14)15/h3-5,7,9H,2,6,8,16H2,1H3. The molecular weight excluding hydrogens is 215 g/mol. The van der Waals surface area contributed by atoms with Gasteiger partial charge in [0.1, 0.15) is 0 Å². The summed E-state index contributed by atoms with van der Waals surface area (Å²) < 4.78 is 37.3. The molecule has 0 spiro atoms. The molecule has 0 saturated heterocycles. The Morgan fingerprint density at radius 1 is 1.31 bits per heavy atom. The van der Waals surface area contributed by atoms with Gasteiger partial charge in [-0.3, -0.25) is 0 Å². The zero-order valence-corrected chi connectivity index (χ0v) is 9.22. The van der Waals surface area contributed by atoms with E-state index in [9.17, 15) is 13.2 Å². The van der Waals surface area contributed by atoms with Crippen molar-refractivity contribution in [2.45, 2.75) is 25.9 Å². The smallest absolute Gasteiger partial charge is 0.330 e. The number of benzene rings is 1. The maximum Gasteiger partial charge on any atom is 0.416 e. The van der Waals surface area contributed by atoms with Crippen molar-refractivity contribution in [3.8, 4) is 0 Å². The summed E-state index contributed by atoms with van der Waals surface area (Å²) in [5, 5.41) is 0. The van der Waals surface area contributed by atoms with E-state index in [2.05, 4.69) is 0 Å². The van der Waals surface area contributed by atoms with Crippen molar-refractivity contribution in [2.75, 3.05) is 6.54 Å². The Morgan fingerprint density at radius 3 is 2.50 bits per heavy atom. The molecule has 2 N–H and O–H groups in total. The Bertz CT molecular complexity index is 329. The van der Waals surface area contributed by atoms with Gasteiger partial charge in [0.05, 0.1) is 5.56 Å². The van der Waals surface area contributed by atoms with Crippen molar-refractivity contribution < 1.29 is 13.2 Å². The van der Waals surface area contributed by atoms with Gasteiger partial charge >= 0.3 is 6.18 Å². The molecule has 90 valence electrons. The van der Waals surface area contributed by atoms with Gasteiger partial charge in [-0.15, -0.1) is 0 Å². The molecule has 0 saturated carbocycles. The maximum atomic E-state index is 12.4. The van der Waals surface area contributed by atoms with Crippen molar-refractivity contribution in [1.82, 2.24) is 0 Å². The van der Waals surface area contributed by atoms with Crippen molar-refractivity contribution >= 4 is 0 Å². The maximum absolute atomic E-state index is 12.4. The van der Waals surface area contributed by atoms with E-state index < -0.39 is 11.7 Å². The van der Waals surface area contributed by atoms with E-state index in [0.29, 0.717) is 18.5 Å². The fourth-order valence-corrected chi connectivity index (χ4v) is 1.60. The minimum absolute atomic E-state index is 0.253. The summed E-state index contributed by atoms with van der Waals surface area (Å²) in [5.41, 5.74) is 5.65. The fraction of sp³-hybridized carbons (Fsp3) is 0.500. The van der Waals surface area contributed by atoms with E-state index in [4.69, 9.17) is 5.73 Å². The second-order valence-corrected chi connectivity index (χ2v) is 3.91. The minimum atomic E-state index is -4.26. The first kappa shape index (κ1) is 13.0. The second kappa shape index (κ2) is 5.34. The molecule has 0 bridgehead atoms. The van der Waals surface area contributed by atoms with E-state index in [-0.39, 0.29) is 5.92 Å². The second-order valence-electron chi connectivity index (χ2n) is 3.91. The molecular formula is C12H16F3N. The first-order valence-electron chi connectivity index (χ1n) is 5.33. The van der Waals surface area contributed by atoms with Gasteiger partial charge in [0.25, 0.3) is 0 Å². The summed E-state index contributed by atoms with van der Waals surface area (Å²) in [6.45, 7) is 2.50. The molecule has 1 aromatic carbocycles. The van der Waals surface area contributed by atoms with Gasteiger partial charge in [-0.25, -0.2) is 0 Å². The van der Waals surface area contributed by atoms with Gasteiger partial charge in [-0.1, -0.05) is 31.5 Å². The van der Waals surface area contributed by atoms with E-state index in [1.54, 1.807) is 6.07 Å². The third-order valence-corrected chi connectivity index (χ3v) is 2.69. The lowest BCUT2D eigenvalue weighted by Crippen LogP contribution is -2.16. The lowest BCUT2D eigenvalue weighted by atomic mass is 9.96. The van der Waals surface area contributed by atoms with Gasteiger partial charge in [0, 0.05) is 0 Å². The van der Waals surface area contributed by atoms with Crippen LogP contribution >= 0.6 is 0 Å². The molecule has 0 fully saturated rings. The molecule has 0 heterocycles. The molecule has 1 aromatic rings. The molecule has 0 radical (unpaired) electrons. The van der Waals surface area contributed by atoms with Crippen LogP contribution in [0.3, 0.4) is 0 Å². The number of hydrogen-bond donors (Lipinski definition) is 1. The van der Waals surface area contributed by atoms with Gasteiger partial charge in [-0.05, 0) is 30.5 Å². The van der Waals surface area contributed by atoms with E-state index >= 15 is 0 Å². The SMILES string of the molecule is CCC(CN)Cc1cccc(C(F)(F)F)c1. The predicted molar refractivity (Wildman–Crippen MR) is 58.0 cm³/mol. The van der Waals surface area contributed by atoms with Crippen LogP contribution in [0.4, 0.5) is 13.2 Å². The average molecular weight is 231 g/mol. The van der Waals surface area contributed by atoms with Crippen molar-refractivity contribution in [3.05, 3.63) is 35.4 Å². The highest BCUT2D eigenvalue weighted by molar-refractivity contribution is 5.26. The Hall–Kier alpha value is -1.03. The number of alkyl halides is 3. The zero-order valence-electron chi connectivity index (χ0n) is 9.22. The number of hydrogen-bond acceptors (Lipinski definition) is 1. The van der Waals surface area contributed by atoms with Gasteiger partial charge < -0.3 is 5.73 Å². The van der Waals surface area contributed by atoms with Crippen LogP contribution in [0.1, 0.15) is 24.5 Å². The first-order valence-corrected chi connectivity index (χ1v) is 5.33. The molecule has 1 atom stereocenters. The molecule has 0 aromatic heterocycles. The molecule has 1 unspecified atom stereocenters. The molecule has 16 heavy (non-hydrogen) atoms. The normalized spacial score (nSPS) is 13.8. The quantitative estimate of drug-likeness (QED) is 0.845. The summed E-state index contributed by atoms with van der Waals surface area (Å²) in [4.78, 5) is 0. The third kappa shape index (κ3) is 3.52. The average Bonchev–Trinajstić information content (AvgIpc) is 2.25. The van der Waals surface area contributed by atoms with Crippen molar-refractivity contribution in [3.63, 3.8) is 0 Å². The Morgan fingerprint density at radius 2 is 2.00 bits per heavy atom. The lowest BCUT2D eigenvalue weighted by molar-refractivity contribution is -0.137. The van der Waals surface area contributed by atoms with Crippen LogP contribution in [-0.2, 0) is 12.6 Å². The zero-order chi connectivity index (χ0) is 12.2. The van der Waals surface area contributed by atoms with Crippen LogP contribution < -0.4 is 5.73 Å². The van der Waals surface area contributed by atoms with E-state index in [1.807, 2.05) is 6.92 Å². The Balaban J connectivity index is 2.82. The van der Waals surface area contributed by atoms with E-state index in [0.717, 1.165) is 12.5 Å². The Labute approximate surface area is 93.5 Å². The van der Waals surface area contributed by atoms with E-state index in [1.165, 1.54) is 12.1 Å². The van der Waals surface area contributed by atoms with Crippen LogP contribution in [0.2, 0.25) is 0 Å². The highest BCUT2D eigenvalue weighted by Gasteiger charge is 2.30. The highest BCUT2D eigenvalue weighted by Crippen LogP contribution is 2.30. The molecule has 0 aliphatic heterocycles. The van der Waals surface area contributed by atoms with Gasteiger partial charge in [0.15, 0.2) is 0 Å². The van der Waals surface area contributed by atoms with Crippen LogP contribution in [-0.4, -0.2) is 6.54 Å². The predicted octanol–water partition coefficient (Wildman–Crippen LogP) is 3.23. The largest absolute Gasteiger partial charge is 0.416 e. The summed E-state index contributed by atoms with van der Waals surface area (Å²) in [7, 11) is 0. The molecule has 1 nitrogen and oxygen atoms in total. The summed E-state index contributed by atoms with van der Waals surface area (Å²) in [5.74, 6) is 0.253. The Kier molecular flexibility index (Phi) is 4.35. The number of rotatable bonds is 4. The lowest BCUT2D eigenvalue weighted by Gasteiger charge is -2.13. The minimum Gasteiger partial charge on any atom is -0.330 e. The number of nitrogens with two attached hydrogens (primary N) is 1. The van der Waals surface area contributed by atoms with Crippen LogP contribution in [0, 0.1) is 5.92 Å². The summed E-state index contributed by atoms with van der Waals surface area (Å²) in [6.07, 6.45) is -2.77. The van der Waals surface area contributed by atoms with Gasteiger partial charge in [0.2, 0.25) is 0 Å². The number of halogens is 3. The monoisotopic (exact) mass is 231 g/mol. The summed E-state index contributed by atoms with van der Waals surface area (Å²) >= 11 is 0. The first-order chi connectivity index (χ1) is 7.47. The fourth-order valence-electron chi connectivity index (χ4n) is 1.60.